The molecule has 1 saturated heterocycles. The second-order valence-electron chi connectivity index (χ2n) is 6.37. The maximum Gasteiger partial charge on any atom is 0.191 e. The van der Waals surface area contributed by atoms with E-state index in [1.807, 2.05) is 18.8 Å². The van der Waals surface area contributed by atoms with Gasteiger partial charge in [0.05, 0.1) is 13.2 Å². The fraction of sp³-hybridized carbons (Fsp3) is 0.944. The average molecular weight is 487 g/mol. The smallest absolute Gasteiger partial charge is 0.191 e. The summed E-state index contributed by atoms with van der Waals surface area (Å²) in [6, 6.07) is 0.555. The molecule has 0 aliphatic carbocycles. The lowest BCUT2D eigenvalue weighted by Gasteiger charge is -2.39. The van der Waals surface area contributed by atoms with Crippen LogP contribution in [-0.2, 0) is 4.74 Å². The number of rotatable bonds is 11. The molecule has 0 aromatic heterocycles. The number of nitrogens with zero attached hydrogens (tertiary/aromatic N) is 2. The van der Waals surface area contributed by atoms with E-state index in [1.54, 1.807) is 0 Å². The van der Waals surface area contributed by atoms with Gasteiger partial charge < -0.3 is 15.4 Å². The largest absolute Gasteiger partial charge is 0.379 e. The van der Waals surface area contributed by atoms with E-state index in [0.29, 0.717) is 6.04 Å². The van der Waals surface area contributed by atoms with Gasteiger partial charge in [-0.25, -0.2) is 0 Å². The lowest BCUT2D eigenvalue weighted by molar-refractivity contribution is 0.00272. The van der Waals surface area contributed by atoms with Crippen LogP contribution in [0.1, 0.15) is 39.5 Å². The molecular weight excluding hydrogens is 447 g/mol. The minimum Gasteiger partial charge on any atom is -0.379 e. The Labute approximate surface area is 176 Å². The summed E-state index contributed by atoms with van der Waals surface area (Å²) in [5, 5.41) is 7.01. The van der Waals surface area contributed by atoms with Gasteiger partial charge in [-0.15, -0.1) is 24.0 Å². The van der Waals surface area contributed by atoms with E-state index in [2.05, 4.69) is 40.6 Å². The molecule has 1 atom stereocenters. The topological polar surface area (TPSA) is 48.9 Å². The van der Waals surface area contributed by atoms with Crippen molar-refractivity contribution in [2.45, 2.75) is 45.6 Å². The Morgan fingerprint density at radius 3 is 2.40 bits per heavy atom. The molecular formula is C18H39IN4OS. The summed E-state index contributed by atoms with van der Waals surface area (Å²) in [6.07, 6.45) is 7.07. The number of unbranched alkanes of at least 4 members (excludes halogenated alkanes) is 1. The van der Waals surface area contributed by atoms with Crippen molar-refractivity contribution in [2.24, 2.45) is 10.9 Å². The van der Waals surface area contributed by atoms with Gasteiger partial charge in [0.1, 0.15) is 0 Å². The summed E-state index contributed by atoms with van der Waals surface area (Å²) in [4.78, 5) is 6.98. The molecule has 1 aliphatic heterocycles. The fourth-order valence-electron chi connectivity index (χ4n) is 3.34. The van der Waals surface area contributed by atoms with Gasteiger partial charge in [-0.3, -0.25) is 9.89 Å². The molecule has 0 bridgehead atoms. The van der Waals surface area contributed by atoms with Gasteiger partial charge in [-0.1, -0.05) is 26.7 Å². The molecule has 2 N–H and O–H groups in total. The molecule has 1 unspecified atom stereocenters. The lowest BCUT2D eigenvalue weighted by atomic mass is 9.92. The zero-order valence-corrected chi connectivity index (χ0v) is 19.7. The maximum atomic E-state index is 5.53. The van der Waals surface area contributed by atoms with Gasteiger partial charge in [-0.05, 0) is 30.8 Å². The van der Waals surface area contributed by atoms with Crippen molar-refractivity contribution < 1.29 is 4.74 Å². The molecule has 1 heterocycles. The van der Waals surface area contributed by atoms with Crippen molar-refractivity contribution in [2.75, 3.05) is 58.4 Å². The molecule has 0 spiro atoms. The van der Waals surface area contributed by atoms with Gasteiger partial charge in [0, 0.05) is 39.3 Å². The third kappa shape index (κ3) is 10.2. The Balaban J connectivity index is 0.00000576. The van der Waals surface area contributed by atoms with Crippen LogP contribution in [-0.4, -0.2) is 75.4 Å². The number of aliphatic imine (C=N–C) groups is 1. The van der Waals surface area contributed by atoms with Gasteiger partial charge in [-0.2, -0.15) is 11.8 Å². The lowest BCUT2D eigenvalue weighted by Crippen LogP contribution is -2.53. The second-order valence-corrected chi connectivity index (χ2v) is 7.36. The highest BCUT2D eigenvalue weighted by Gasteiger charge is 2.26. The zero-order chi connectivity index (χ0) is 17.6. The number of morpholine rings is 1. The number of hydrogen-bond acceptors (Lipinski definition) is 4. The Kier molecular flexibility index (Phi) is 16.6. The first kappa shape index (κ1) is 25.3. The van der Waals surface area contributed by atoms with Crippen LogP contribution in [0.15, 0.2) is 4.99 Å². The molecule has 5 nitrogen and oxygen atoms in total. The Morgan fingerprint density at radius 2 is 1.84 bits per heavy atom. The zero-order valence-electron chi connectivity index (χ0n) is 16.6. The van der Waals surface area contributed by atoms with Gasteiger partial charge in [0.25, 0.3) is 0 Å². The maximum absolute atomic E-state index is 5.53. The van der Waals surface area contributed by atoms with E-state index in [9.17, 15) is 0 Å². The number of nitrogens with one attached hydrogen (secondary N) is 2. The predicted octanol–water partition coefficient (Wildman–Crippen LogP) is 3.05. The van der Waals surface area contributed by atoms with Crippen LogP contribution in [0, 0.1) is 5.92 Å². The monoisotopic (exact) mass is 486 g/mol. The van der Waals surface area contributed by atoms with E-state index >= 15 is 0 Å². The van der Waals surface area contributed by atoms with Crippen molar-refractivity contribution >= 4 is 41.7 Å². The molecule has 0 saturated carbocycles. The van der Waals surface area contributed by atoms with Crippen molar-refractivity contribution in [1.82, 2.24) is 15.5 Å². The summed E-state index contributed by atoms with van der Waals surface area (Å²) in [5.74, 6) is 2.89. The minimum atomic E-state index is 0. The summed E-state index contributed by atoms with van der Waals surface area (Å²) in [6.45, 7) is 10.4. The van der Waals surface area contributed by atoms with Crippen LogP contribution in [0.4, 0.5) is 0 Å². The number of halogens is 1. The molecule has 1 rings (SSSR count). The Morgan fingerprint density at radius 1 is 1.16 bits per heavy atom. The molecule has 0 radical (unpaired) electrons. The number of ether oxygens (including phenoxy) is 1. The molecule has 1 fully saturated rings. The number of thioether (sulfide) groups is 1. The molecule has 150 valence electrons. The first-order chi connectivity index (χ1) is 11.8. The van der Waals surface area contributed by atoms with Gasteiger partial charge in [0.15, 0.2) is 5.96 Å². The number of hydrogen-bond donors (Lipinski definition) is 2. The Hall–Kier alpha value is 0.270. The third-order valence-electron chi connectivity index (χ3n) is 4.88. The SMILES string of the molecule is CCC(CC)C(CNC(=NC)NCCCCSC)N1CCOCC1.I. The highest BCUT2D eigenvalue weighted by atomic mass is 127. The predicted molar refractivity (Wildman–Crippen MR) is 123 cm³/mol. The molecule has 0 aromatic rings. The molecule has 7 heteroatoms. The third-order valence-corrected chi connectivity index (χ3v) is 5.57. The van der Waals surface area contributed by atoms with Crippen molar-refractivity contribution in [1.29, 1.82) is 0 Å². The quantitative estimate of drug-likeness (QED) is 0.204. The standard InChI is InChI=1S/C18H38N4OS.HI/c1-5-16(6-2)17(22-10-12-23-13-11-22)15-21-18(19-3)20-9-7-8-14-24-4;/h16-17H,5-15H2,1-4H3,(H2,19,20,21);1H. The molecule has 25 heavy (non-hydrogen) atoms. The van der Waals surface area contributed by atoms with E-state index in [-0.39, 0.29) is 24.0 Å². The van der Waals surface area contributed by atoms with Crippen LogP contribution in [0.2, 0.25) is 0 Å². The van der Waals surface area contributed by atoms with Gasteiger partial charge in [0.2, 0.25) is 0 Å². The summed E-state index contributed by atoms with van der Waals surface area (Å²) < 4.78 is 5.53. The van der Waals surface area contributed by atoms with Crippen LogP contribution >= 0.6 is 35.7 Å². The van der Waals surface area contributed by atoms with E-state index in [1.165, 1.54) is 31.4 Å². The van der Waals surface area contributed by atoms with E-state index in [4.69, 9.17) is 4.74 Å². The van der Waals surface area contributed by atoms with Crippen LogP contribution in [0.5, 0.6) is 0 Å². The number of guanidine groups is 1. The van der Waals surface area contributed by atoms with Crippen LogP contribution < -0.4 is 10.6 Å². The normalized spacial score (nSPS) is 17.2. The van der Waals surface area contributed by atoms with Crippen molar-refractivity contribution in [3.63, 3.8) is 0 Å². The highest BCUT2D eigenvalue weighted by molar-refractivity contribution is 14.0. The van der Waals surface area contributed by atoms with Crippen LogP contribution in [0.25, 0.3) is 0 Å². The van der Waals surface area contributed by atoms with Gasteiger partial charge >= 0.3 is 0 Å². The van der Waals surface area contributed by atoms with E-state index < -0.39 is 0 Å². The fourth-order valence-corrected chi connectivity index (χ4v) is 3.83. The molecule has 1 aliphatic rings. The van der Waals surface area contributed by atoms with Crippen molar-refractivity contribution in [3.05, 3.63) is 0 Å². The average Bonchev–Trinajstić information content (AvgIpc) is 2.63. The first-order valence-electron chi connectivity index (χ1n) is 9.52. The van der Waals surface area contributed by atoms with Crippen molar-refractivity contribution in [3.8, 4) is 0 Å². The minimum absolute atomic E-state index is 0. The van der Waals surface area contributed by atoms with E-state index in [0.717, 1.165) is 51.3 Å². The van der Waals surface area contributed by atoms with Crippen LogP contribution in [0.3, 0.4) is 0 Å². The first-order valence-corrected chi connectivity index (χ1v) is 10.9. The summed E-state index contributed by atoms with van der Waals surface area (Å²) >= 11 is 1.91. The molecule has 0 amide bonds. The summed E-state index contributed by atoms with van der Waals surface area (Å²) in [5.41, 5.74) is 0. The Bertz CT molecular complexity index is 337. The highest BCUT2D eigenvalue weighted by Crippen LogP contribution is 2.19. The molecule has 0 aromatic carbocycles. The second kappa shape index (κ2) is 16.4. The summed E-state index contributed by atoms with van der Waals surface area (Å²) in [7, 11) is 1.86.